The summed E-state index contributed by atoms with van der Waals surface area (Å²) in [6.07, 6.45) is 4.57. The molecule has 2 aromatic carbocycles. The van der Waals surface area contributed by atoms with Crippen LogP contribution in [0.15, 0.2) is 42.5 Å². The van der Waals surface area contributed by atoms with Gasteiger partial charge >= 0.3 is 0 Å². The Kier molecular flexibility index (Phi) is 4.60. The molecule has 0 aliphatic heterocycles. The number of nitrogens with one attached hydrogen (secondary N) is 1. The monoisotopic (exact) mass is 406 g/mol. The zero-order valence-electron chi connectivity index (χ0n) is 15.7. The summed E-state index contributed by atoms with van der Waals surface area (Å²) in [4.78, 5) is 15.3. The van der Waals surface area contributed by atoms with Crippen LogP contribution in [0.4, 0.5) is 10.2 Å². The fourth-order valence-corrected chi connectivity index (χ4v) is 4.76. The molecule has 29 heavy (non-hydrogen) atoms. The summed E-state index contributed by atoms with van der Waals surface area (Å²) in [6, 6.07) is 11.4. The summed E-state index contributed by atoms with van der Waals surface area (Å²) in [7, 11) is 0. The van der Waals surface area contributed by atoms with E-state index in [1.807, 2.05) is 6.07 Å². The van der Waals surface area contributed by atoms with E-state index in [1.165, 1.54) is 35.5 Å². The summed E-state index contributed by atoms with van der Waals surface area (Å²) in [5, 5.41) is 15.1. The zero-order chi connectivity index (χ0) is 19.8. The molecule has 0 amide bonds. The molecule has 0 saturated carbocycles. The molecule has 0 radical (unpaired) electrons. The number of hydrogen-bond acceptors (Lipinski definition) is 6. The Balaban J connectivity index is 1.53. The van der Waals surface area contributed by atoms with Crippen LogP contribution < -0.4 is 5.32 Å². The summed E-state index contributed by atoms with van der Waals surface area (Å²) < 4.78 is 13.9. The molecular weight excluding hydrogens is 387 g/mol. The van der Waals surface area contributed by atoms with Gasteiger partial charge in [0.05, 0.1) is 23.3 Å². The smallest absolute Gasteiger partial charge is 0.165 e. The number of rotatable bonds is 4. The molecule has 2 N–H and O–H groups in total. The molecule has 146 valence electrons. The van der Waals surface area contributed by atoms with Crippen LogP contribution in [-0.4, -0.2) is 20.1 Å². The molecule has 1 aliphatic rings. The molecule has 7 heteroatoms. The molecule has 0 atom stereocenters. The number of aromatic hydroxyl groups is 1. The van der Waals surface area contributed by atoms with Crippen molar-refractivity contribution in [1.82, 2.24) is 15.0 Å². The van der Waals surface area contributed by atoms with E-state index in [2.05, 4.69) is 15.3 Å². The van der Waals surface area contributed by atoms with Crippen LogP contribution in [0.1, 0.15) is 28.4 Å². The van der Waals surface area contributed by atoms with Gasteiger partial charge in [-0.15, -0.1) is 11.3 Å². The van der Waals surface area contributed by atoms with Crippen molar-refractivity contribution in [2.45, 2.75) is 32.2 Å². The Morgan fingerprint density at radius 3 is 2.76 bits per heavy atom. The van der Waals surface area contributed by atoms with Crippen LogP contribution in [0.5, 0.6) is 5.75 Å². The Morgan fingerprint density at radius 2 is 1.90 bits per heavy atom. The van der Waals surface area contributed by atoms with E-state index in [1.54, 1.807) is 35.6 Å². The van der Waals surface area contributed by atoms with E-state index in [0.717, 1.165) is 17.8 Å². The second-order valence-electron chi connectivity index (χ2n) is 7.11. The fourth-order valence-electron chi connectivity index (χ4n) is 3.66. The van der Waals surface area contributed by atoms with E-state index in [9.17, 15) is 9.50 Å². The standard InChI is InChI=1S/C22H19FN4OS/c23-13-9-10-16-15(11-13)21(27-22(26-16)14-5-1-3-7-18(14)28)24-12-20-25-17-6-2-4-8-19(17)29-20/h1,3,5,7,9-11,28H,2,4,6,8,12H2,(H,24,26,27). The van der Waals surface area contributed by atoms with Gasteiger partial charge in [-0.2, -0.15) is 0 Å². The van der Waals surface area contributed by atoms with Crippen molar-refractivity contribution >= 4 is 28.1 Å². The van der Waals surface area contributed by atoms with Crippen molar-refractivity contribution in [1.29, 1.82) is 0 Å². The average molecular weight is 406 g/mol. The molecule has 5 nitrogen and oxygen atoms in total. The number of benzene rings is 2. The lowest BCUT2D eigenvalue weighted by Gasteiger charge is -2.11. The number of aromatic nitrogens is 3. The highest BCUT2D eigenvalue weighted by Gasteiger charge is 2.16. The molecule has 0 spiro atoms. The third-order valence-corrected chi connectivity index (χ3v) is 6.26. The highest BCUT2D eigenvalue weighted by molar-refractivity contribution is 7.11. The minimum atomic E-state index is -0.343. The van der Waals surface area contributed by atoms with Gasteiger partial charge in [-0.3, -0.25) is 0 Å². The molecule has 1 aliphatic carbocycles. The number of phenols is 1. The first kappa shape index (κ1) is 18.0. The summed E-state index contributed by atoms with van der Waals surface area (Å²) in [6.45, 7) is 0.514. The largest absolute Gasteiger partial charge is 0.507 e. The minimum absolute atomic E-state index is 0.104. The van der Waals surface area contributed by atoms with Crippen LogP contribution in [0.25, 0.3) is 22.3 Å². The first-order valence-corrected chi connectivity index (χ1v) is 10.5. The summed E-state index contributed by atoms with van der Waals surface area (Å²) >= 11 is 1.74. The second kappa shape index (κ2) is 7.40. The first-order valence-electron chi connectivity index (χ1n) is 9.64. The van der Waals surface area contributed by atoms with Gasteiger partial charge in [0.15, 0.2) is 5.82 Å². The molecular formula is C22H19FN4OS. The predicted octanol–water partition coefficient (Wildman–Crippen LogP) is 5.09. The minimum Gasteiger partial charge on any atom is -0.507 e. The zero-order valence-corrected chi connectivity index (χ0v) is 16.5. The van der Waals surface area contributed by atoms with Gasteiger partial charge in [0.1, 0.15) is 22.4 Å². The Labute approximate surface area is 171 Å². The lowest BCUT2D eigenvalue weighted by molar-refractivity contribution is 0.477. The predicted molar refractivity (Wildman–Crippen MR) is 113 cm³/mol. The number of fused-ring (bicyclic) bond motifs is 2. The number of phenolic OH excluding ortho intramolecular Hbond substituents is 1. The molecule has 0 unspecified atom stereocenters. The quantitative estimate of drug-likeness (QED) is 0.494. The first-order chi connectivity index (χ1) is 14.2. The van der Waals surface area contributed by atoms with Crippen LogP contribution in [-0.2, 0) is 19.4 Å². The highest BCUT2D eigenvalue weighted by Crippen LogP contribution is 2.31. The van der Waals surface area contributed by atoms with E-state index < -0.39 is 0 Å². The van der Waals surface area contributed by atoms with Gasteiger partial charge in [0.2, 0.25) is 0 Å². The summed E-state index contributed by atoms with van der Waals surface area (Å²) in [5.74, 6) is 0.681. The summed E-state index contributed by atoms with van der Waals surface area (Å²) in [5.41, 5.74) is 2.36. The maximum Gasteiger partial charge on any atom is 0.165 e. The number of aryl methyl sites for hydroxylation is 2. The van der Waals surface area contributed by atoms with Crippen molar-refractivity contribution in [2.24, 2.45) is 0 Å². The van der Waals surface area contributed by atoms with Crippen molar-refractivity contribution in [3.63, 3.8) is 0 Å². The molecule has 2 heterocycles. The number of halogens is 1. The number of nitrogens with zero attached hydrogens (tertiary/aromatic N) is 3. The molecule has 2 aromatic heterocycles. The Hall–Kier alpha value is -3.06. The fraction of sp³-hybridized carbons (Fsp3) is 0.227. The lowest BCUT2D eigenvalue weighted by atomic mass is 10.0. The van der Waals surface area contributed by atoms with Gasteiger partial charge in [0.25, 0.3) is 0 Å². The van der Waals surface area contributed by atoms with Gasteiger partial charge in [-0.25, -0.2) is 19.3 Å². The van der Waals surface area contributed by atoms with Crippen LogP contribution in [0.2, 0.25) is 0 Å². The van der Waals surface area contributed by atoms with E-state index in [4.69, 9.17) is 4.98 Å². The van der Waals surface area contributed by atoms with Gasteiger partial charge in [-0.1, -0.05) is 12.1 Å². The third kappa shape index (κ3) is 3.53. The average Bonchev–Trinajstić information content (AvgIpc) is 3.15. The SMILES string of the molecule is Oc1ccccc1-c1nc(NCc2nc3c(s2)CCCC3)c2cc(F)ccc2n1. The molecule has 4 aromatic rings. The topological polar surface area (TPSA) is 70.9 Å². The maximum absolute atomic E-state index is 13.9. The van der Waals surface area contributed by atoms with Crippen LogP contribution >= 0.6 is 11.3 Å². The normalized spacial score (nSPS) is 13.4. The second-order valence-corrected chi connectivity index (χ2v) is 8.28. The van der Waals surface area contributed by atoms with Crippen LogP contribution in [0, 0.1) is 5.82 Å². The molecule has 0 bridgehead atoms. The molecule has 0 fully saturated rings. The molecule has 5 rings (SSSR count). The van der Waals surface area contributed by atoms with E-state index in [0.29, 0.717) is 34.7 Å². The van der Waals surface area contributed by atoms with Crippen molar-refractivity contribution < 1.29 is 9.50 Å². The van der Waals surface area contributed by atoms with Gasteiger partial charge in [0, 0.05) is 10.3 Å². The van der Waals surface area contributed by atoms with Crippen molar-refractivity contribution in [2.75, 3.05) is 5.32 Å². The molecule has 0 saturated heterocycles. The number of hydrogen-bond donors (Lipinski definition) is 2. The third-order valence-electron chi connectivity index (χ3n) is 5.10. The Bertz CT molecular complexity index is 1180. The van der Waals surface area contributed by atoms with Crippen LogP contribution in [0.3, 0.4) is 0 Å². The van der Waals surface area contributed by atoms with Gasteiger partial charge < -0.3 is 10.4 Å². The highest BCUT2D eigenvalue weighted by atomic mass is 32.1. The van der Waals surface area contributed by atoms with E-state index in [-0.39, 0.29) is 11.6 Å². The number of thiazole rings is 1. The number of anilines is 1. The van der Waals surface area contributed by atoms with Gasteiger partial charge in [-0.05, 0) is 56.0 Å². The maximum atomic E-state index is 13.9. The lowest BCUT2D eigenvalue weighted by Crippen LogP contribution is -2.05. The Morgan fingerprint density at radius 1 is 1.03 bits per heavy atom. The van der Waals surface area contributed by atoms with E-state index >= 15 is 0 Å². The van der Waals surface area contributed by atoms with Crippen molar-refractivity contribution in [3.8, 4) is 17.1 Å². The van der Waals surface area contributed by atoms with Crippen molar-refractivity contribution in [3.05, 3.63) is 63.9 Å². The number of para-hydroxylation sites is 1.